The van der Waals surface area contributed by atoms with Gasteiger partial charge in [0.1, 0.15) is 0 Å². The molecule has 1 rings (SSSR count). The lowest BCUT2D eigenvalue weighted by Crippen LogP contribution is -2.28. The second-order valence-electron chi connectivity index (χ2n) is 2.95. The van der Waals surface area contributed by atoms with Crippen LogP contribution < -0.4 is 5.73 Å². The van der Waals surface area contributed by atoms with E-state index in [1.807, 2.05) is 12.2 Å². The molecular formula is C9H12ClNO. The Morgan fingerprint density at radius 1 is 1.67 bits per heavy atom. The summed E-state index contributed by atoms with van der Waals surface area (Å²) in [4.78, 5) is 11.4. The van der Waals surface area contributed by atoms with Gasteiger partial charge in [-0.2, -0.15) is 0 Å². The monoisotopic (exact) mass is 185 g/mol. The van der Waals surface area contributed by atoms with Crippen LogP contribution in [0.1, 0.15) is 19.8 Å². The van der Waals surface area contributed by atoms with E-state index in [1.165, 1.54) is 0 Å². The molecule has 1 aliphatic carbocycles. The Labute approximate surface area is 77.1 Å². The zero-order chi connectivity index (χ0) is 9.14. The molecular weight excluding hydrogens is 174 g/mol. The minimum atomic E-state index is -0.418. The number of carbonyl (C=O) groups is 1. The summed E-state index contributed by atoms with van der Waals surface area (Å²) in [5, 5.41) is 0.738. The molecule has 12 heavy (non-hydrogen) atoms. The molecule has 0 saturated heterocycles. The molecule has 0 aromatic rings. The largest absolute Gasteiger partial charge is 0.321 e. The summed E-state index contributed by atoms with van der Waals surface area (Å²) in [5.74, 6) is 0.00116. The number of allylic oxidation sites excluding steroid dienone is 3. The molecule has 66 valence electrons. The first kappa shape index (κ1) is 9.49. The van der Waals surface area contributed by atoms with Crippen molar-refractivity contribution in [2.75, 3.05) is 0 Å². The van der Waals surface area contributed by atoms with Crippen LogP contribution in [-0.2, 0) is 4.79 Å². The van der Waals surface area contributed by atoms with Gasteiger partial charge < -0.3 is 5.73 Å². The molecule has 3 heteroatoms. The van der Waals surface area contributed by atoms with Gasteiger partial charge in [0.15, 0.2) is 5.78 Å². The molecule has 2 N–H and O–H groups in total. The smallest absolute Gasteiger partial charge is 0.175 e. The van der Waals surface area contributed by atoms with Crippen LogP contribution in [0.5, 0.6) is 0 Å². The molecule has 0 aliphatic heterocycles. The SMILES string of the molecule is C[C@@H](N)C(=O)C1=CCC=C(Cl)C1. The van der Waals surface area contributed by atoms with Gasteiger partial charge in [-0.25, -0.2) is 0 Å². The van der Waals surface area contributed by atoms with Gasteiger partial charge in [-0.05, 0) is 18.9 Å². The summed E-state index contributed by atoms with van der Waals surface area (Å²) >= 11 is 5.79. The van der Waals surface area contributed by atoms with Crippen LogP contribution >= 0.6 is 11.6 Å². The zero-order valence-electron chi connectivity index (χ0n) is 7.01. The second kappa shape index (κ2) is 3.87. The number of Topliss-reactive ketones (excluding diaryl/α,β-unsaturated/α-hetero) is 1. The molecule has 0 aromatic heterocycles. The molecule has 0 aromatic carbocycles. The molecule has 0 saturated carbocycles. The van der Waals surface area contributed by atoms with E-state index in [9.17, 15) is 4.79 Å². The molecule has 0 bridgehead atoms. The Morgan fingerprint density at radius 2 is 2.33 bits per heavy atom. The lowest BCUT2D eigenvalue weighted by atomic mass is 9.98. The van der Waals surface area contributed by atoms with Crippen LogP contribution in [0.25, 0.3) is 0 Å². The Bertz CT molecular complexity index is 253. The van der Waals surface area contributed by atoms with Gasteiger partial charge in [0.05, 0.1) is 6.04 Å². The number of hydrogen-bond acceptors (Lipinski definition) is 2. The van der Waals surface area contributed by atoms with Crippen molar-refractivity contribution in [3.63, 3.8) is 0 Å². The average Bonchev–Trinajstić information content (AvgIpc) is 2.03. The number of halogens is 1. The van der Waals surface area contributed by atoms with Crippen molar-refractivity contribution in [3.8, 4) is 0 Å². The van der Waals surface area contributed by atoms with E-state index in [4.69, 9.17) is 17.3 Å². The van der Waals surface area contributed by atoms with Crippen molar-refractivity contribution < 1.29 is 4.79 Å². The van der Waals surface area contributed by atoms with Crippen molar-refractivity contribution in [1.82, 2.24) is 0 Å². The summed E-state index contributed by atoms with van der Waals surface area (Å²) in [6.45, 7) is 1.69. The van der Waals surface area contributed by atoms with Gasteiger partial charge in [0, 0.05) is 11.5 Å². The molecule has 0 amide bonds. The maximum absolute atomic E-state index is 11.4. The molecule has 2 nitrogen and oxygen atoms in total. The summed E-state index contributed by atoms with van der Waals surface area (Å²) < 4.78 is 0. The molecule has 0 fully saturated rings. The summed E-state index contributed by atoms with van der Waals surface area (Å²) in [6, 6.07) is -0.418. The van der Waals surface area contributed by atoms with E-state index >= 15 is 0 Å². The van der Waals surface area contributed by atoms with Crippen LogP contribution in [0.4, 0.5) is 0 Å². The molecule has 0 unspecified atom stereocenters. The molecule has 1 aliphatic rings. The van der Waals surface area contributed by atoms with Gasteiger partial charge in [-0.1, -0.05) is 23.8 Å². The average molecular weight is 186 g/mol. The Hall–Kier alpha value is -0.600. The second-order valence-corrected chi connectivity index (χ2v) is 3.43. The number of rotatable bonds is 2. The van der Waals surface area contributed by atoms with E-state index < -0.39 is 6.04 Å². The van der Waals surface area contributed by atoms with Gasteiger partial charge >= 0.3 is 0 Å². The minimum Gasteiger partial charge on any atom is -0.321 e. The highest BCUT2D eigenvalue weighted by atomic mass is 35.5. The highest BCUT2D eigenvalue weighted by molar-refractivity contribution is 6.30. The van der Waals surface area contributed by atoms with Crippen molar-refractivity contribution in [2.45, 2.75) is 25.8 Å². The van der Waals surface area contributed by atoms with E-state index in [0.717, 1.165) is 17.0 Å². The Morgan fingerprint density at radius 3 is 2.83 bits per heavy atom. The van der Waals surface area contributed by atoms with Crippen molar-refractivity contribution >= 4 is 17.4 Å². The summed E-state index contributed by atoms with van der Waals surface area (Å²) in [6.07, 6.45) is 5.08. The van der Waals surface area contributed by atoms with E-state index in [-0.39, 0.29) is 5.78 Å². The van der Waals surface area contributed by atoms with Crippen LogP contribution in [0, 0.1) is 0 Å². The van der Waals surface area contributed by atoms with E-state index in [1.54, 1.807) is 6.92 Å². The quantitative estimate of drug-likeness (QED) is 0.712. The van der Waals surface area contributed by atoms with Crippen molar-refractivity contribution in [2.24, 2.45) is 5.73 Å². The Balaban J connectivity index is 2.66. The minimum absolute atomic E-state index is 0.00116. The van der Waals surface area contributed by atoms with E-state index in [2.05, 4.69) is 0 Å². The number of carbonyl (C=O) groups excluding carboxylic acids is 1. The predicted octanol–water partition coefficient (Wildman–Crippen LogP) is 1.75. The van der Waals surface area contributed by atoms with Crippen LogP contribution in [0.2, 0.25) is 0 Å². The van der Waals surface area contributed by atoms with Gasteiger partial charge in [0.2, 0.25) is 0 Å². The topological polar surface area (TPSA) is 43.1 Å². The molecule has 1 atom stereocenters. The fourth-order valence-electron chi connectivity index (χ4n) is 1.14. The van der Waals surface area contributed by atoms with Gasteiger partial charge in [0.25, 0.3) is 0 Å². The summed E-state index contributed by atoms with van der Waals surface area (Å²) in [5.41, 5.74) is 6.21. The number of ketones is 1. The van der Waals surface area contributed by atoms with Crippen LogP contribution in [0.15, 0.2) is 22.8 Å². The fraction of sp³-hybridized carbons (Fsp3) is 0.444. The third kappa shape index (κ3) is 2.19. The first-order valence-electron chi connectivity index (χ1n) is 3.94. The molecule has 0 radical (unpaired) electrons. The zero-order valence-corrected chi connectivity index (χ0v) is 7.77. The lowest BCUT2D eigenvalue weighted by Gasteiger charge is -2.11. The normalized spacial score (nSPS) is 19.6. The lowest BCUT2D eigenvalue weighted by molar-refractivity contribution is -0.116. The predicted molar refractivity (Wildman–Crippen MR) is 49.9 cm³/mol. The number of nitrogens with two attached hydrogens (primary N) is 1. The van der Waals surface area contributed by atoms with E-state index in [0.29, 0.717) is 6.42 Å². The van der Waals surface area contributed by atoms with Crippen molar-refractivity contribution in [1.29, 1.82) is 0 Å². The third-order valence-electron chi connectivity index (χ3n) is 1.79. The third-order valence-corrected chi connectivity index (χ3v) is 2.08. The van der Waals surface area contributed by atoms with Crippen molar-refractivity contribution in [3.05, 3.63) is 22.8 Å². The first-order valence-corrected chi connectivity index (χ1v) is 4.32. The maximum Gasteiger partial charge on any atom is 0.175 e. The summed E-state index contributed by atoms with van der Waals surface area (Å²) in [7, 11) is 0. The highest BCUT2D eigenvalue weighted by Gasteiger charge is 2.16. The molecule has 0 spiro atoms. The fourth-order valence-corrected chi connectivity index (χ4v) is 1.37. The first-order chi connectivity index (χ1) is 5.61. The van der Waals surface area contributed by atoms with Crippen LogP contribution in [0.3, 0.4) is 0 Å². The van der Waals surface area contributed by atoms with Crippen LogP contribution in [-0.4, -0.2) is 11.8 Å². The highest BCUT2D eigenvalue weighted by Crippen LogP contribution is 2.22. The standard InChI is InChI=1S/C9H12ClNO/c1-6(11)9(12)7-3-2-4-8(10)5-7/h3-4,6H,2,5,11H2,1H3/t6-/m1/s1. The maximum atomic E-state index is 11.4. The number of hydrogen-bond donors (Lipinski definition) is 1. The molecule has 0 heterocycles. The Kier molecular flexibility index (Phi) is 3.06. The van der Waals surface area contributed by atoms with Gasteiger partial charge in [-0.15, -0.1) is 0 Å². The van der Waals surface area contributed by atoms with Gasteiger partial charge in [-0.3, -0.25) is 4.79 Å².